The van der Waals surface area contributed by atoms with Gasteiger partial charge in [-0.25, -0.2) is 9.97 Å². The molecule has 0 unspecified atom stereocenters. The topological polar surface area (TPSA) is 88.5 Å². The molecule has 0 amide bonds. The van der Waals surface area contributed by atoms with Crippen molar-refractivity contribution in [2.45, 2.75) is 17.0 Å². The third-order valence-corrected chi connectivity index (χ3v) is 2.86. The minimum Gasteiger partial charge on any atom is -0.382 e. The fourth-order valence-electron chi connectivity index (χ4n) is 1.20. The van der Waals surface area contributed by atoms with E-state index in [2.05, 4.69) is 15.0 Å². The standard InChI is InChI=1S/C11H11N5S/c1-7-2-4-15-11(16-7)17-8-3-5-14-9(6-8)10(12)13/h2-6H,1H3,(H3,12,13). The normalized spacial score (nSPS) is 10.2. The highest BCUT2D eigenvalue weighted by Gasteiger charge is 2.04. The van der Waals surface area contributed by atoms with Crippen LogP contribution in [0.15, 0.2) is 40.6 Å². The van der Waals surface area contributed by atoms with Crippen LogP contribution < -0.4 is 5.73 Å². The Labute approximate surface area is 103 Å². The molecule has 6 heteroatoms. The van der Waals surface area contributed by atoms with Crippen molar-refractivity contribution in [2.24, 2.45) is 5.73 Å². The first kappa shape index (κ1) is 11.5. The van der Waals surface area contributed by atoms with Gasteiger partial charge in [-0.2, -0.15) is 0 Å². The molecule has 0 spiro atoms. The van der Waals surface area contributed by atoms with Crippen LogP contribution in [-0.2, 0) is 0 Å². The van der Waals surface area contributed by atoms with Gasteiger partial charge in [-0.15, -0.1) is 0 Å². The molecule has 3 N–H and O–H groups in total. The Morgan fingerprint density at radius 3 is 2.76 bits per heavy atom. The molecule has 2 aromatic rings. The second-order valence-corrected chi connectivity index (χ2v) is 4.41. The largest absolute Gasteiger partial charge is 0.382 e. The van der Waals surface area contributed by atoms with E-state index in [1.807, 2.05) is 19.1 Å². The number of amidine groups is 1. The molecule has 2 aromatic heterocycles. The highest BCUT2D eigenvalue weighted by atomic mass is 32.2. The molecule has 0 aliphatic rings. The van der Waals surface area contributed by atoms with Gasteiger partial charge in [0.2, 0.25) is 0 Å². The number of aromatic nitrogens is 3. The van der Waals surface area contributed by atoms with E-state index in [0.29, 0.717) is 10.9 Å². The summed E-state index contributed by atoms with van der Waals surface area (Å²) in [6.45, 7) is 1.92. The summed E-state index contributed by atoms with van der Waals surface area (Å²) in [5, 5.41) is 7.99. The molecule has 86 valence electrons. The van der Waals surface area contributed by atoms with Gasteiger partial charge in [-0.05, 0) is 36.9 Å². The molecule has 0 bridgehead atoms. The van der Waals surface area contributed by atoms with Gasteiger partial charge < -0.3 is 5.73 Å². The van der Waals surface area contributed by atoms with Crippen LogP contribution in [0.1, 0.15) is 11.4 Å². The van der Waals surface area contributed by atoms with Crippen molar-refractivity contribution in [2.75, 3.05) is 0 Å². The Bertz CT molecular complexity index is 555. The van der Waals surface area contributed by atoms with Gasteiger partial charge >= 0.3 is 0 Å². The highest BCUT2D eigenvalue weighted by molar-refractivity contribution is 7.99. The minimum absolute atomic E-state index is 0.0439. The van der Waals surface area contributed by atoms with Crippen LogP contribution in [0.2, 0.25) is 0 Å². The zero-order valence-electron chi connectivity index (χ0n) is 9.21. The average Bonchev–Trinajstić information content (AvgIpc) is 2.29. The Kier molecular flexibility index (Phi) is 3.34. The lowest BCUT2D eigenvalue weighted by molar-refractivity contribution is 0.932. The molecule has 0 aliphatic heterocycles. The van der Waals surface area contributed by atoms with E-state index in [1.54, 1.807) is 18.5 Å². The predicted molar refractivity (Wildman–Crippen MR) is 66.1 cm³/mol. The number of nitrogen functional groups attached to an aromatic ring is 1. The van der Waals surface area contributed by atoms with Gasteiger partial charge in [0.25, 0.3) is 0 Å². The Balaban J connectivity index is 2.24. The molecule has 0 fully saturated rings. The molecule has 2 heterocycles. The number of nitrogens with zero attached hydrogens (tertiary/aromatic N) is 3. The summed E-state index contributed by atoms with van der Waals surface area (Å²) < 4.78 is 0. The molecular weight excluding hydrogens is 234 g/mol. The van der Waals surface area contributed by atoms with Gasteiger partial charge in [0.1, 0.15) is 11.5 Å². The van der Waals surface area contributed by atoms with Crippen LogP contribution in [-0.4, -0.2) is 20.8 Å². The molecule has 0 saturated heterocycles. The lowest BCUT2D eigenvalue weighted by Gasteiger charge is -2.02. The number of hydrogen-bond acceptors (Lipinski definition) is 5. The zero-order valence-corrected chi connectivity index (χ0v) is 10.0. The predicted octanol–water partition coefficient (Wildman–Crippen LogP) is 1.62. The van der Waals surface area contributed by atoms with E-state index in [4.69, 9.17) is 11.1 Å². The van der Waals surface area contributed by atoms with E-state index >= 15 is 0 Å². The van der Waals surface area contributed by atoms with Crippen molar-refractivity contribution in [1.82, 2.24) is 15.0 Å². The van der Waals surface area contributed by atoms with Gasteiger partial charge in [0, 0.05) is 23.0 Å². The Morgan fingerprint density at radius 1 is 1.29 bits per heavy atom. The van der Waals surface area contributed by atoms with Crippen molar-refractivity contribution in [3.8, 4) is 0 Å². The van der Waals surface area contributed by atoms with Crippen LogP contribution in [0.25, 0.3) is 0 Å². The van der Waals surface area contributed by atoms with Crippen molar-refractivity contribution >= 4 is 17.6 Å². The number of rotatable bonds is 3. The summed E-state index contributed by atoms with van der Waals surface area (Å²) in [4.78, 5) is 13.4. The van der Waals surface area contributed by atoms with Crippen LogP contribution in [0, 0.1) is 12.3 Å². The van der Waals surface area contributed by atoms with E-state index in [1.165, 1.54) is 11.8 Å². The molecule has 0 saturated carbocycles. The number of aryl methyl sites for hydroxylation is 1. The van der Waals surface area contributed by atoms with E-state index < -0.39 is 0 Å². The molecular formula is C11H11N5S. The summed E-state index contributed by atoms with van der Waals surface area (Å²) >= 11 is 1.42. The minimum atomic E-state index is -0.0439. The first-order valence-electron chi connectivity index (χ1n) is 4.93. The summed E-state index contributed by atoms with van der Waals surface area (Å²) in [6.07, 6.45) is 3.34. The molecule has 2 rings (SSSR count). The maximum absolute atomic E-state index is 7.32. The van der Waals surface area contributed by atoms with E-state index in [-0.39, 0.29) is 5.84 Å². The molecule has 5 nitrogen and oxygen atoms in total. The van der Waals surface area contributed by atoms with Crippen molar-refractivity contribution in [3.63, 3.8) is 0 Å². The fourth-order valence-corrected chi connectivity index (χ4v) is 2.02. The van der Waals surface area contributed by atoms with Crippen LogP contribution >= 0.6 is 11.8 Å². The summed E-state index contributed by atoms with van der Waals surface area (Å²) in [6, 6.07) is 5.43. The summed E-state index contributed by atoms with van der Waals surface area (Å²) in [5.74, 6) is -0.0439. The Hall–Kier alpha value is -1.95. The first-order chi connectivity index (χ1) is 8.15. The van der Waals surface area contributed by atoms with Gasteiger partial charge in [-0.1, -0.05) is 0 Å². The van der Waals surface area contributed by atoms with Gasteiger partial charge in [0.05, 0.1) is 0 Å². The maximum atomic E-state index is 7.32. The number of nitrogens with one attached hydrogen (secondary N) is 1. The van der Waals surface area contributed by atoms with E-state index in [9.17, 15) is 0 Å². The second-order valence-electron chi connectivity index (χ2n) is 3.37. The zero-order chi connectivity index (χ0) is 12.3. The first-order valence-corrected chi connectivity index (χ1v) is 5.75. The van der Waals surface area contributed by atoms with E-state index in [0.717, 1.165) is 10.6 Å². The molecule has 0 aliphatic carbocycles. The quantitative estimate of drug-likeness (QED) is 0.487. The maximum Gasteiger partial charge on any atom is 0.192 e. The molecule has 0 aromatic carbocycles. The fraction of sp³-hybridized carbons (Fsp3) is 0.0909. The van der Waals surface area contributed by atoms with Gasteiger partial charge in [0.15, 0.2) is 5.16 Å². The average molecular weight is 245 g/mol. The number of nitrogens with two attached hydrogens (primary N) is 1. The monoisotopic (exact) mass is 245 g/mol. The SMILES string of the molecule is Cc1ccnc(Sc2ccnc(C(=N)N)c2)n1. The smallest absolute Gasteiger partial charge is 0.192 e. The van der Waals surface area contributed by atoms with Crippen molar-refractivity contribution < 1.29 is 0 Å². The molecule has 0 radical (unpaired) electrons. The lowest BCUT2D eigenvalue weighted by Crippen LogP contribution is -2.12. The number of hydrogen-bond donors (Lipinski definition) is 2. The lowest BCUT2D eigenvalue weighted by atomic mass is 10.3. The summed E-state index contributed by atoms with van der Waals surface area (Å²) in [7, 11) is 0. The van der Waals surface area contributed by atoms with Crippen molar-refractivity contribution in [1.29, 1.82) is 5.41 Å². The van der Waals surface area contributed by atoms with Gasteiger partial charge in [-0.3, -0.25) is 10.4 Å². The van der Waals surface area contributed by atoms with Crippen LogP contribution in [0.5, 0.6) is 0 Å². The number of pyridine rings is 1. The van der Waals surface area contributed by atoms with Crippen molar-refractivity contribution in [3.05, 3.63) is 42.0 Å². The second kappa shape index (κ2) is 4.92. The van der Waals surface area contributed by atoms with Crippen LogP contribution in [0.3, 0.4) is 0 Å². The third-order valence-electron chi connectivity index (χ3n) is 1.99. The molecule has 0 atom stereocenters. The molecule has 17 heavy (non-hydrogen) atoms. The third kappa shape index (κ3) is 3.01. The van der Waals surface area contributed by atoms with Crippen LogP contribution in [0.4, 0.5) is 0 Å². The summed E-state index contributed by atoms with van der Waals surface area (Å²) in [5.41, 5.74) is 6.76. The highest BCUT2D eigenvalue weighted by Crippen LogP contribution is 2.24. The Morgan fingerprint density at radius 2 is 2.06 bits per heavy atom.